The van der Waals surface area contributed by atoms with Crippen molar-refractivity contribution in [2.75, 3.05) is 4.90 Å². The van der Waals surface area contributed by atoms with Crippen molar-refractivity contribution >= 4 is 29.1 Å². The normalized spacial score (nSPS) is 17.3. The van der Waals surface area contributed by atoms with E-state index < -0.39 is 35.3 Å². The molecule has 0 spiro atoms. The maximum absolute atomic E-state index is 13.4. The molecular weight excluding hydrogens is 437 g/mol. The predicted octanol–water partition coefficient (Wildman–Crippen LogP) is 5.02. The van der Waals surface area contributed by atoms with Crippen LogP contribution in [0, 0.1) is 5.82 Å². The molecule has 3 aromatic carbocycles. The summed E-state index contributed by atoms with van der Waals surface area (Å²) < 4.78 is 18.7. The third kappa shape index (κ3) is 4.32. The number of esters is 1. The van der Waals surface area contributed by atoms with Gasteiger partial charge in [0, 0.05) is 11.3 Å². The summed E-state index contributed by atoms with van der Waals surface area (Å²) in [6.45, 7) is 3.45. The highest BCUT2D eigenvalue weighted by Crippen LogP contribution is 2.42. The number of benzene rings is 3. The van der Waals surface area contributed by atoms with Crippen molar-refractivity contribution in [1.29, 1.82) is 0 Å². The van der Waals surface area contributed by atoms with Gasteiger partial charge in [0.15, 0.2) is 0 Å². The third-order valence-corrected chi connectivity index (χ3v) is 5.38. The van der Waals surface area contributed by atoms with E-state index in [9.17, 15) is 23.9 Å². The number of ketones is 1. The lowest BCUT2D eigenvalue weighted by molar-refractivity contribution is -0.132. The Balaban J connectivity index is 1.87. The molecule has 6 nitrogen and oxygen atoms in total. The Morgan fingerprint density at radius 1 is 0.941 bits per heavy atom. The molecule has 4 rings (SSSR count). The molecule has 7 heteroatoms. The van der Waals surface area contributed by atoms with E-state index in [1.165, 1.54) is 23.1 Å². The van der Waals surface area contributed by atoms with Gasteiger partial charge in [-0.15, -0.1) is 0 Å². The van der Waals surface area contributed by atoms with Crippen LogP contribution in [-0.2, 0) is 14.3 Å². The van der Waals surface area contributed by atoms with Crippen LogP contribution in [-0.4, -0.2) is 28.9 Å². The molecule has 1 saturated heterocycles. The number of aliphatic hydroxyl groups is 1. The van der Waals surface area contributed by atoms with Crippen molar-refractivity contribution in [2.24, 2.45) is 0 Å². The number of Topliss-reactive ketones (excluding diaryl/α,β-unsaturated/α-hetero) is 1. The fourth-order valence-electron chi connectivity index (χ4n) is 3.88. The van der Waals surface area contributed by atoms with Crippen molar-refractivity contribution in [3.63, 3.8) is 0 Å². The minimum absolute atomic E-state index is 0.127. The Hall–Kier alpha value is -4.26. The zero-order valence-electron chi connectivity index (χ0n) is 18.6. The fraction of sp³-hybridized carbons (Fsp3) is 0.148. The van der Waals surface area contributed by atoms with Crippen LogP contribution in [0.25, 0.3) is 5.76 Å². The second-order valence-electron chi connectivity index (χ2n) is 8.09. The summed E-state index contributed by atoms with van der Waals surface area (Å²) in [5.41, 5.74) is 1.18. The summed E-state index contributed by atoms with van der Waals surface area (Å²) in [6, 6.07) is 19.0. The molecule has 0 radical (unpaired) electrons. The fourth-order valence-corrected chi connectivity index (χ4v) is 3.88. The number of amides is 1. The molecule has 172 valence electrons. The first kappa shape index (κ1) is 22.9. The Labute approximate surface area is 195 Å². The molecule has 0 aliphatic carbocycles. The van der Waals surface area contributed by atoms with Gasteiger partial charge in [0.2, 0.25) is 0 Å². The molecule has 0 saturated carbocycles. The number of hydrogen-bond donors (Lipinski definition) is 1. The molecule has 3 aromatic rings. The van der Waals surface area contributed by atoms with Crippen molar-refractivity contribution in [3.8, 4) is 0 Å². The maximum atomic E-state index is 13.4. The molecule has 1 unspecified atom stereocenters. The molecule has 1 atom stereocenters. The third-order valence-electron chi connectivity index (χ3n) is 5.38. The molecule has 0 bridgehead atoms. The summed E-state index contributed by atoms with van der Waals surface area (Å²) in [6.07, 6.45) is -0.328. The van der Waals surface area contributed by atoms with Gasteiger partial charge in [0.05, 0.1) is 23.3 Å². The summed E-state index contributed by atoms with van der Waals surface area (Å²) >= 11 is 0. The first-order valence-corrected chi connectivity index (χ1v) is 10.7. The quantitative estimate of drug-likeness (QED) is 0.251. The van der Waals surface area contributed by atoms with Gasteiger partial charge in [-0.3, -0.25) is 14.5 Å². The summed E-state index contributed by atoms with van der Waals surface area (Å²) in [5.74, 6) is -3.21. The lowest BCUT2D eigenvalue weighted by Crippen LogP contribution is -2.29. The lowest BCUT2D eigenvalue weighted by Gasteiger charge is -2.25. The van der Waals surface area contributed by atoms with Gasteiger partial charge < -0.3 is 9.84 Å². The average Bonchev–Trinajstić information content (AvgIpc) is 3.10. The number of hydrogen-bond acceptors (Lipinski definition) is 5. The Bertz CT molecular complexity index is 1280. The number of anilines is 1. The number of nitrogens with zero attached hydrogens (tertiary/aromatic N) is 1. The first-order chi connectivity index (χ1) is 16.3. The van der Waals surface area contributed by atoms with Crippen molar-refractivity contribution in [2.45, 2.75) is 26.0 Å². The summed E-state index contributed by atoms with van der Waals surface area (Å²) in [5, 5.41) is 11.0. The second-order valence-corrected chi connectivity index (χ2v) is 8.09. The van der Waals surface area contributed by atoms with Crippen LogP contribution in [0.5, 0.6) is 0 Å². The van der Waals surface area contributed by atoms with Crippen LogP contribution in [0.4, 0.5) is 10.1 Å². The second kappa shape index (κ2) is 9.31. The van der Waals surface area contributed by atoms with E-state index in [-0.39, 0.29) is 22.8 Å². The smallest absolute Gasteiger partial charge is 0.338 e. The van der Waals surface area contributed by atoms with Crippen molar-refractivity contribution in [1.82, 2.24) is 0 Å². The van der Waals surface area contributed by atoms with Crippen molar-refractivity contribution in [3.05, 3.63) is 107 Å². The van der Waals surface area contributed by atoms with E-state index in [1.54, 1.807) is 62.4 Å². The van der Waals surface area contributed by atoms with Gasteiger partial charge in [-0.05, 0) is 61.9 Å². The zero-order chi connectivity index (χ0) is 24.4. The van der Waals surface area contributed by atoms with Gasteiger partial charge in [0.1, 0.15) is 11.6 Å². The standard InChI is InChI=1S/C27H22FNO5/c1-16(2)34-27(33)19-9-6-10-21(15-19)29-23(17-7-4-3-5-8-17)22(25(31)26(29)32)24(30)18-11-13-20(28)14-12-18/h3-16,23,30H,1-2H3/b24-22+. The Kier molecular flexibility index (Phi) is 6.27. The lowest BCUT2D eigenvalue weighted by atomic mass is 9.95. The molecule has 1 fully saturated rings. The van der Waals surface area contributed by atoms with E-state index in [2.05, 4.69) is 0 Å². The van der Waals surface area contributed by atoms with E-state index in [4.69, 9.17) is 4.74 Å². The van der Waals surface area contributed by atoms with Crippen molar-refractivity contribution < 1.29 is 28.6 Å². The highest BCUT2D eigenvalue weighted by Gasteiger charge is 2.47. The molecule has 1 heterocycles. The molecule has 1 aliphatic rings. The van der Waals surface area contributed by atoms with E-state index in [1.807, 2.05) is 0 Å². The molecule has 0 aromatic heterocycles. The Morgan fingerprint density at radius 2 is 1.62 bits per heavy atom. The van der Waals surface area contributed by atoms with E-state index in [0.29, 0.717) is 11.3 Å². The number of aliphatic hydroxyl groups excluding tert-OH is 1. The highest BCUT2D eigenvalue weighted by molar-refractivity contribution is 6.51. The number of ether oxygens (including phenoxy) is 1. The predicted molar refractivity (Wildman–Crippen MR) is 125 cm³/mol. The molecule has 1 N–H and O–H groups in total. The van der Waals surface area contributed by atoms with Gasteiger partial charge in [0.25, 0.3) is 11.7 Å². The van der Waals surface area contributed by atoms with Crippen LogP contribution in [0.2, 0.25) is 0 Å². The maximum Gasteiger partial charge on any atom is 0.338 e. The van der Waals surface area contributed by atoms with Crippen LogP contribution < -0.4 is 4.90 Å². The Morgan fingerprint density at radius 3 is 2.26 bits per heavy atom. The summed E-state index contributed by atoms with van der Waals surface area (Å²) in [7, 11) is 0. The van der Waals surface area contributed by atoms with Gasteiger partial charge in [-0.1, -0.05) is 36.4 Å². The van der Waals surface area contributed by atoms with E-state index >= 15 is 0 Å². The first-order valence-electron chi connectivity index (χ1n) is 10.7. The van der Waals surface area contributed by atoms with Crippen LogP contribution in [0.3, 0.4) is 0 Å². The minimum Gasteiger partial charge on any atom is -0.507 e. The molecule has 1 amide bonds. The van der Waals surface area contributed by atoms with Crippen LogP contribution in [0.15, 0.2) is 84.4 Å². The molecule has 1 aliphatic heterocycles. The number of carbonyl (C=O) groups excluding carboxylic acids is 3. The van der Waals surface area contributed by atoms with Gasteiger partial charge >= 0.3 is 5.97 Å². The molecular formula is C27H22FNO5. The zero-order valence-corrected chi connectivity index (χ0v) is 18.6. The number of rotatable bonds is 5. The molecule has 34 heavy (non-hydrogen) atoms. The summed E-state index contributed by atoms with van der Waals surface area (Å²) in [4.78, 5) is 40.0. The van der Waals surface area contributed by atoms with Crippen LogP contribution in [0.1, 0.15) is 41.4 Å². The number of halogens is 1. The topological polar surface area (TPSA) is 83.9 Å². The monoisotopic (exact) mass is 459 g/mol. The largest absolute Gasteiger partial charge is 0.507 e. The SMILES string of the molecule is CC(C)OC(=O)c1cccc(N2C(=O)C(=O)/C(=C(/O)c3ccc(F)cc3)C2c2ccccc2)c1. The minimum atomic E-state index is -0.956. The van der Waals surface area contributed by atoms with Crippen LogP contribution >= 0.6 is 0 Å². The van der Waals surface area contributed by atoms with Gasteiger partial charge in [-0.2, -0.15) is 0 Å². The highest BCUT2D eigenvalue weighted by atomic mass is 19.1. The van der Waals surface area contributed by atoms with Gasteiger partial charge in [-0.25, -0.2) is 9.18 Å². The number of carbonyl (C=O) groups is 3. The average molecular weight is 459 g/mol. The van der Waals surface area contributed by atoms with E-state index in [0.717, 1.165) is 12.1 Å².